The molecule has 1 aliphatic heterocycles. The lowest BCUT2D eigenvalue weighted by Gasteiger charge is -2.60. The highest BCUT2D eigenvalue weighted by atomic mass is 16.1. The van der Waals surface area contributed by atoms with Gasteiger partial charge in [0.2, 0.25) is 5.91 Å². The van der Waals surface area contributed by atoms with E-state index in [2.05, 4.69) is 41.2 Å². The van der Waals surface area contributed by atoms with Gasteiger partial charge in [-0.3, -0.25) is 14.5 Å². The number of carbonyl (C=O) groups excluding carboxylic acids is 2. The quantitative estimate of drug-likeness (QED) is 0.302. The zero-order valence-electron chi connectivity index (χ0n) is 28.3. The Morgan fingerprint density at radius 1 is 0.953 bits per heavy atom. The molecule has 9 atom stereocenters. The van der Waals surface area contributed by atoms with Crippen LogP contribution in [0.1, 0.15) is 105 Å². The lowest BCUT2D eigenvalue weighted by molar-refractivity contribution is -0.157. The average Bonchev–Trinajstić information content (AvgIpc) is 3.33. The molecule has 7 nitrogen and oxygen atoms in total. The number of hydrogen-bond acceptors (Lipinski definition) is 6. The van der Waals surface area contributed by atoms with E-state index in [-0.39, 0.29) is 23.3 Å². The fourth-order valence-corrected chi connectivity index (χ4v) is 11.0. The van der Waals surface area contributed by atoms with Gasteiger partial charge < -0.3 is 21.3 Å². The maximum atomic E-state index is 14.0. The number of nitrogens with zero attached hydrogens (tertiary/aromatic N) is 2. The van der Waals surface area contributed by atoms with Crippen LogP contribution in [0.5, 0.6) is 0 Å². The van der Waals surface area contributed by atoms with Gasteiger partial charge in [0.05, 0.1) is 0 Å². The minimum absolute atomic E-state index is 0.189. The molecule has 4 saturated carbocycles. The third-order valence-electron chi connectivity index (χ3n) is 13.5. The van der Waals surface area contributed by atoms with E-state index in [0.29, 0.717) is 53.3 Å². The summed E-state index contributed by atoms with van der Waals surface area (Å²) < 4.78 is 0. The molecule has 4 N–H and O–H groups in total. The summed E-state index contributed by atoms with van der Waals surface area (Å²) in [5, 5.41) is 7.00. The zero-order valence-corrected chi connectivity index (χ0v) is 28.3. The molecule has 0 aromatic rings. The van der Waals surface area contributed by atoms with E-state index in [0.717, 1.165) is 45.4 Å². The number of nitrogens with one attached hydrogen (secondary N) is 2. The molecule has 7 heteroatoms. The summed E-state index contributed by atoms with van der Waals surface area (Å²) >= 11 is 0. The van der Waals surface area contributed by atoms with Crippen molar-refractivity contribution in [3.05, 3.63) is 0 Å². The summed E-state index contributed by atoms with van der Waals surface area (Å²) in [6.45, 7) is 20.4. The van der Waals surface area contributed by atoms with Crippen molar-refractivity contribution in [2.24, 2.45) is 52.1 Å². The lowest BCUT2D eigenvalue weighted by Crippen LogP contribution is -2.58. The Morgan fingerprint density at radius 3 is 2.33 bits per heavy atom. The largest absolute Gasteiger partial charge is 0.354 e. The summed E-state index contributed by atoms with van der Waals surface area (Å²) in [5.41, 5.74) is 6.26. The van der Waals surface area contributed by atoms with Crippen LogP contribution in [0.3, 0.4) is 0 Å². The lowest BCUT2D eigenvalue weighted by atomic mass is 9.44. The Kier molecular flexibility index (Phi) is 11.0. The van der Waals surface area contributed by atoms with E-state index in [4.69, 9.17) is 5.73 Å². The molecule has 246 valence electrons. The third kappa shape index (κ3) is 7.20. The Labute approximate surface area is 263 Å². The monoisotopic (exact) mass is 600 g/mol. The number of hydrogen-bond donors (Lipinski definition) is 3. The van der Waals surface area contributed by atoms with Crippen molar-refractivity contribution in [3.8, 4) is 0 Å². The van der Waals surface area contributed by atoms with E-state index in [9.17, 15) is 9.59 Å². The van der Waals surface area contributed by atoms with Crippen molar-refractivity contribution in [1.82, 2.24) is 20.4 Å². The zero-order chi connectivity index (χ0) is 30.8. The molecule has 5 fully saturated rings. The van der Waals surface area contributed by atoms with Crippen LogP contribution in [-0.2, 0) is 9.59 Å². The van der Waals surface area contributed by atoms with E-state index in [1.165, 1.54) is 71.1 Å². The van der Waals surface area contributed by atoms with E-state index in [1.807, 2.05) is 13.8 Å². The molecule has 0 spiro atoms. The maximum Gasteiger partial charge on any atom is 0.220 e. The van der Waals surface area contributed by atoms with Crippen molar-refractivity contribution in [1.29, 1.82) is 0 Å². The summed E-state index contributed by atoms with van der Waals surface area (Å²) in [7, 11) is 0. The standard InChI is InChI=1S/C36H65N5O2/c1-25(2)39-33(43)10-7-26(3)29-8-9-30-34-31(12-14-36(29,30)5)35(4)13-11-28(23-27(35)24-32(34)42)38-16-18-41-21-19-40(20-22-41)17-6-15-37/h25-31,34,38H,6-24,37H2,1-5H3,(H,39,43)/t26-,27?,28+,29-,30?,31?,34?,35+,36-/m1/s1. The van der Waals surface area contributed by atoms with Gasteiger partial charge in [-0.25, -0.2) is 0 Å². The van der Waals surface area contributed by atoms with Crippen LogP contribution in [0.25, 0.3) is 0 Å². The molecule has 43 heavy (non-hydrogen) atoms. The molecule has 1 amide bonds. The smallest absolute Gasteiger partial charge is 0.220 e. The van der Waals surface area contributed by atoms with Crippen LogP contribution in [0.15, 0.2) is 0 Å². The first-order valence-corrected chi connectivity index (χ1v) is 18.3. The van der Waals surface area contributed by atoms with Crippen LogP contribution in [-0.4, -0.2) is 85.9 Å². The van der Waals surface area contributed by atoms with E-state index >= 15 is 0 Å². The molecule has 0 aromatic heterocycles. The van der Waals surface area contributed by atoms with Crippen LogP contribution in [0.2, 0.25) is 0 Å². The van der Waals surface area contributed by atoms with Gasteiger partial charge in [-0.2, -0.15) is 0 Å². The van der Waals surface area contributed by atoms with Crippen LogP contribution in [0.4, 0.5) is 0 Å². The second-order valence-electron chi connectivity index (χ2n) is 16.3. The number of piperazine rings is 1. The second-order valence-corrected chi connectivity index (χ2v) is 16.3. The molecule has 1 heterocycles. The molecule has 1 saturated heterocycles. The SMILES string of the molecule is CC(C)NC(=O)CC[C@@H](C)[C@H]1CCC2C3C(=O)CC4C[C@@H](NCCN5CCN(CCCN)CC5)CC[C@]4(C)C3CC[C@@]21C. The maximum absolute atomic E-state index is 14.0. The Balaban J connectivity index is 1.12. The molecule has 5 rings (SSSR count). The highest BCUT2D eigenvalue weighted by molar-refractivity contribution is 5.83. The van der Waals surface area contributed by atoms with E-state index in [1.54, 1.807) is 0 Å². The highest BCUT2D eigenvalue weighted by Gasteiger charge is 2.63. The molecular weight excluding hydrogens is 534 g/mol. The normalized spacial score (nSPS) is 39.3. The molecule has 0 aromatic carbocycles. The molecule has 4 aliphatic carbocycles. The molecule has 5 aliphatic rings. The first-order chi connectivity index (χ1) is 20.5. The third-order valence-corrected chi connectivity index (χ3v) is 13.5. The summed E-state index contributed by atoms with van der Waals surface area (Å²) in [6, 6.07) is 0.768. The van der Waals surface area contributed by atoms with Gasteiger partial charge in [0.15, 0.2) is 0 Å². The number of fused-ring (bicyclic) bond motifs is 5. The summed E-state index contributed by atoms with van der Waals surface area (Å²) in [6.07, 6.45) is 12.2. The van der Waals surface area contributed by atoms with Gasteiger partial charge in [-0.15, -0.1) is 0 Å². The van der Waals surface area contributed by atoms with Crippen molar-refractivity contribution >= 4 is 11.7 Å². The Morgan fingerprint density at radius 2 is 1.63 bits per heavy atom. The van der Waals surface area contributed by atoms with Gasteiger partial charge >= 0.3 is 0 Å². The Hall–Kier alpha value is -1.02. The number of nitrogens with two attached hydrogens (primary N) is 1. The molecular formula is C36H65N5O2. The van der Waals surface area contributed by atoms with Gasteiger partial charge in [0.1, 0.15) is 5.78 Å². The number of carbonyl (C=O) groups is 2. The fraction of sp³-hybridized carbons (Fsp3) is 0.944. The predicted molar refractivity (Wildman–Crippen MR) is 176 cm³/mol. The van der Waals surface area contributed by atoms with Crippen molar-refractivity contribution in [2.75, 3.05) is 52.4 Å². The first kappa shape index (κ1) is 33.3. The second kappa shape index (κ2) is 14.2. The Bertz CT molecular complexity index is 950. The minimum atomic E-state index is 0.189. The van der Waals surface area contributed by atoms with Crippen molar-refractivity contribution in [2.45, 2.75) is 117 Å². The van der Waals surface area contributed by atoms with Gasteiger partial charge in [-0.05, 0) is 125 Å². The minimum Gasteiger partial charge on any atom is -0.354 e. The van der Waals surface area contributed by atoms with Gasteiger partial charge in [0, 0.05) is 70.1 Å². The first-order valence-electron chi connectivity index (χ1n) is 18.3. The van der Waals surface area contributed by atoms with Crippen LogP contribution < -0.4 is 16.4 Å². The highest BCUT2D eigenvalue weighted by Crippen LogP contribution is 2.67. The average molecular weight is 600 g/mol. The molecule has 0 bridgehead atoms. The predicted octanol–water partition coefficient (Wildman–Crippen LogP) is 4.69. The summed E-state index contributed by atoms with van der Waals surface area (Å²) in [5.74, 6) is 3.88. The van der Waals surface area contributed by atoms with Crippen molar-refractivity contribution in [3.63, 3.8) is 0 Å². The van der Waals surface area contributed by atoms with Gasteiger partial charge in [-0.1, -0.05) is 20.8 Å². The van der Waals surface area contributed by atoms with Crippen LogP contribution >= 0.6 is 0 Å². The number of rotatable bonds is 12. The fourth-order valence-electron chi connectivity index (χ4n) is 11.0. The number of amides is 1. The van der Waals surface area contributed by atoms with Crippen LogP contribution in [0, 0.1) is 46.3 Å². The van der Waals surface area contributed by atoms with Crippen molar-refractivity contribution < 1.29 is 9.59 Å². The number of ketones is 1. The van der Waals surface area contributed by atoms with E-state index < -0.39 is 0 Å². The molecule has 4 unspecified atom stereocenters. The molecule has 0 radical (unpaired) electrons. The van der Waals surface area contributed by atoms with Gasteiger partial charge in [0.25, 0.3) is 0 Å². The topological polar surface area (TPSA) is 90.7 Å². The number of Topliss-reactive ketones (excluding diaryl/α,β-unsaturated/α-hetero) is 1. The summed E-state index contributed by atoms with van der Waals surface area (Å²) in [4.78, 5) is 31.6.